The van der Waals surface area contributed by atoms with Crippen LogP contribution >= 0.6 is 11.6 Å². The van der Waals surface area contributed by atoms with E-state index in [1.54, 1.807) is 13.8 Å². The summed E-state index contributed by atoms with van der Waals surface area (Å²) in [4.78, 5) is 9.80. The number of rotatable bonds is 1. The standard InChI is InChI=1S/C5H7ClO.CH5N.CH4.B.H2/c1-4(3-7)5(2)6;1-2;;;/h3H,1-2H3;2H2,1H3;1H4;;1H/b5-4-;;;;/i;;;;1+1. The molecule has 0 aliphatic rings. The molecule has 0 saturated carbocycles. The fraction of sp³-hybridized carbons (Fsp3) is 0.571. The quantitative estimate of drug-likeness (QED) is 0.379. The van der Waals surface area contributed by atoms with Crippen LogP contribution in [0.5, 0.6) is 0 Å². The summed E-state index contributed by atoms with van der Waals surface area (Å²) in [5, 5.41) is 0.565. The Labute approximate surface area is 77.9 Å². The zero-order valence-electron chi connectivity index (χ0n) is 6.52. The minimum absolute atomic E-state index is 0. The van der Waals surface area contributed by atoms with E-state index < -0.39 is 0 Å². The van der Waals surface area contributed by atoms with E-state index >= 15 is 0 Å². The fourth-order valence-corrected chi connectivity index (χ4v) is 0.126. The zero-order valence-corrected chi connectivity index (χ0v) is 7.27. The van der Waals surface area contributed by atoms with Crippen LogP contribution in [0.1, 0.15) is 22.7 Å². The van der Waals surface area contributed by atoms with Gasteiger partial charge in [0.05, 0.1) is 0 Å². The van der Waals surface area contributed by atoms with Gasteiger partial charge >= 0.3 is 0 Å². The van der Waals surface area contributed by atoms with Gasteiger partial charge in [-0.2, -0.15) is 0 Å². The highest BCUT2D eigenvalue weighted by atomic mass is 35.5. The van der Waals surface area contributed by atoms with Crippen molar-refractivity contribution >= 4 is 26.3 Å². The molecule has 0 fully saturated rings. The van der Waals surface area contributed by atoms with E-state index in [1.807, 2.05) is 0 Å². The summed E-state index contributed by atoms with van der Waals surface area (Å²) in [5.41, 5.74) is 5.10. The number of carbonyl (C=O) groups excluding carboxylic acids is 1. The summed E-state index contributed by atoms with van der Waals surface area (Å²) in [6, 6.07) is 0. The molecule has 0 unspecified atom stereocenters. The minimum atomic E-state index is 0. The van der Waals surface area contributed by atoms with Crippen LogP contribution in [0.2, 0.25) is 0 Å². The van der Waals surface area contributed by atoms with Crippen LogP contribution in [0.15, 0.2) is 10.6 Å². The first-order chi connectivity index (χ1) is 4.18. The molecule has 0 saturated heterocycles. The third kappa shape index (κ3) is 17.7. The molecule has 67 valence electrons. The van der Waals surface area contributed by atoms with Gasteiger partial charge in [-0.15, -0.1) is 0 Å². The highest BCUT2D eigenvalue weighted by molar-refractivity contribution is 6.30. The molecular formula is C7H18BClNO. The zero-order chi connectivity index (χ0) is 7.86. The predicted molar refractivity (Wildman–Crippen MR) is 55.0 cm³/mol. The van der Waals surface area contributed by atoms with E-state index in [0.29, 0.717) is 10.6 Å². The Balaban J connectivity index is -0.0000000303. The second kappa shape index (κ2) is 16.4. The van der Waals surface area contributed by atoms with Gasteiger partial charge in [0, 0.05) is 20.4 Å². The van der Waals surface area contributed by atoms with Gasteiger partial charge in [-0.1, -0.05) is 19.0 Å². The first-order valence-electron chi connectivity index (χ1n) is 2.54. The molecule has 4 heteroatoms. The third-order valence-electron chi connectivity index (χ3n) is 0.720. The van der Waals surface area contributed by atoms with Gasteiger partial charge in [0.2, 0.25) is 0 Å². The fourth-order valence-electron chi connectivity index (χ4n) is 0.0812. The van der Waals surface area contributed by atoms with Gasteiger partial charge in [0.25, 0.3) is 0 Å². The summed E-state index contributed by atoms with van der Waals surface area (Å²) < 4.78 is 0. The molecule has 0 aromatic heterocycles. The summed E-state index contributed by atoms with van der Waals surface area (Å²) in [7, 11) is 1.50. The molecule has 2 nitrogen and oxygen atoms in total. The SMILES string of the molecule is C.C/C(Cl)=C(\C)C=O.CN.[2HH].[B]. The molecule has 0 amide bonds. The molecule has 0 atom stereocenters. The summed E-state index contributed by atoms with van der Waals surface area (Å²) in [6.45, 7) is 3.36. The molecule has 0 spiro atoms. The lowest BCUT2D eigenvalue weighted by Gasteiger charge is -1.84. The summed E-state index contributed by atoms with van der Waals surface area (Å²) in [6.07, 6.45) is 0.738. The van der Waals surface area contributed by atoms with Crippen LogP contribution in [0.3, 0.4) is 0 Å². The van der Waals surface area contributed by atoms with Gasteiger partial charge in [0.15, 0.2) is 0 Å². The number of aldehydes is 1. The van der Waals surface area contributed by atoms with Gasteiger partial charge in [-0.3, -0.25) is 4.79 Å². The highest BCUT2D eigenvalue weighted by Crippen LogP contribution is 2.03. The monoisotopic (exact) mass is 179 g/mol. The Bertz CT molecular complexity index is 116. The maximum absolute atomic E-state index is 9.80. The van der Waals surface area contributed by atoms with Crippen molar-refractivity contribution in [1.29, 1.82) is 0 Å². The van der Waals surface area contributed by atoms with Crippen LogP contribution < -0.4 is 5.73 Å². The predicted octanol–water partition coefficient (Wildman–Crippen LogP) is 1.79. The molecule has 0 aliphatic heterocycles. The van der Waals surface area contributed by atoms with Crippen LogP contribution in [0.4, 0.5) is 0 Å². The second-order valence-electron chi connectivity index (χ2n) is 1.33. The summed E-state index contributed by atoms with van der Waals surface area (Å²) in [5.74, 6) is 0. The van der Waals surface area contributed by atoms with Crippen molar-refractivity contribution in [2.24, 2.45) is 5.73 Å². The van der Waals surface area contributed by atoms with E-state index in [2.05, 4.69) is 5.73 Å². The first kappa shape index (κ1) is 22.4. The average Bonchev–Trinajstić information content (AvgIpc) is 1.91. The third-order valence-corrected chi connectivity index (χ3v) is 1.02. The van der Waals surface area contributed by atoms with Crippen LogP contribution in [-0.2, 0) is 4.79 Å². The molecule has 0 heterocycles. The molecule has 11 heavy (non-hydrogen) atoms. The number of hydrogen-bond donors (Lipinski definition) is 1. The van der Waals surface area contributed by atoms with E-state index in [4.69, 9.17) is 11.6 Å². The van der Waals surface area contributed by atoms with Crippen molar-refractivity contribution in [2.75, 3.05) is 7.05 Å². The molecule has 0 aromatic carbocycles. The topological polar surface area (TPSA) is 43.1 Å². The van der Waals surface area contributed by atoms with Gasteiger partial charge < -0.3 is 5.73 Å². The Kier molecular flexibility index (Phi) is 33.4. The maximum atomic E-state index is 9.80. The number of hydrogen-bond acceptors (Lipinski definition) is 2. The second-order valence-corrected chi connectivity index (χ2v) is 1.90. The molecular weight excluding hydrogens is 160 g/mol. The van der Waals surface area contributed by atoms with E-state index in [1.165, 1.54) is 7.05 Å². The smallest absolute Gasteiger partial charge is 0.146 e. The van der Waals surface area contributed by atoms with Crippen molar-refractivity contribution in [1.82, 2.24) is 0 Å². The Morgan fingerprint density at radius 2 is 1.73 bits per heavy atom. The van der Waals surface area contributed by atoms with E-state index in [-0.39, 0.29) is 17.3 Å². The molecule has 0 aromatic rings. The van der Waals surface area contributed by atoms with Crippen molar-refractivity contribution in [3.8, 4) is 0 Å². The molecule has 0 aliphatic carbocycles. The first-order valence-corrected chi connectivity index (χ1v) is 2.92. The maximum Gasteiger partial charge on any atom is 0.146 e. The Hall–Kier alpha value is -0.275. The normalized spacial score (nSPS) is 8.82. The number of halogens is 1. The minimum Gasteiger partial charge on any atom is -0.333 e. The van der Waals surface area contributed by atoms with Gasteiger partial charge in [-0.05, 0) is 20.9 Å². The van der Waals surface area contributed by atoms with Crippen LogP contribution in [0.25, 0.3) is 0 Å². The molecule has 0 rings (SSSR count). The lowest BCUT2D eigenvalue weighted by molar-refractivity contribution is -0.104. The molecule has 0 bridgehead atoms. The van der Waals surface area contributed by atoms with Crippen LogP contribution in [-0.4, -0.2) is 21.7 Å². The average molecular weight is 179 g/mol. The van der Waals surface area contributed by atoms with Crippen molar-refractivity contribution in [3.63, 3.8) is 0 Å². The number of nitrogens with two attached hydrogens (primary N) is 1. The molecule has 3 radical (unpaired) electrons. The van der Waals surface area contributed by atoms with Gasteiger partial charge in [0.1, 0.15) is 6.29 Å². The lowest BCUT2D eigenvalue weighted by atomic mass is 10.3. The molecule has 2 N–H and O–H groups in total. The summed E-state index contributed by atoms with van der Waals surface area (Å²) >= 11 is 5.38. The van der Waals surface area contributed by atoms with E-state index in [9.17, 15) is 4.79 Å². The Morgan fingerprint density at radius 1 is 1.45 bits per heavy atom. The number of allylic oxidation sites excluding steroid dienone is 2. The highest BCUT2D eigenvalue weighted by Gasteiger charge is 1.85. The van der Waals surface area contributed by atoms with E-state index in [0.717, 1.165) is 6.29 Å². The Morgan fingerprint density at radius 3 is 1.73 bits per heavy atom. The largest absolute Gasteiger partial charge is 0.333 e. The van der Waals surface area contributed by atoms with Crippen molar-refractivity contribution < 1.29 is 6.22 Å². The lowest BCUT2D eigenvalue weighted by Crippen LogP contribution is -1.75. The van der Waals surface area contributed by atoms with Crippen molar-refractivity contribution in [2.45, 2.75) is 21.3 Å². The van der Waals surface area contributed by atoms with Crippen LogP contribution in [0, 0.1) is 0 Å². The van der Waals surface area contributed by atoms with Crippen molar-refractivity contribution in [3.05, 3.63) is 10.6 Å². The number of carbonyl (C=O) groups is 1. The van der Waals surface area contributed by atoms with Gasteiger partial charge in [-0.25, -0.2) is 0 Å².